The van der Waals surface area contributed by atoms with Gasteiger partial charge in [-0.05, 0) is 41.3 Å². The average Bonchev–Trinajstić information content (AvgIpc) is 3.20. The van der Waals surface area contributed by atoms with Crippen LogP contribution in [0.15, 0.2) is 64.2 Å². The first-order chi connectivity index (χ1) is 13.7. The Morgan fingerprint density at radius 1 is 1.14 bits per heavy atom. The molecule has 1 N–H and O–H groups in total. The van der Waals surface area contributed by atoms with Crippen molar-refractivity contribution in [1.82, 2.24) is 20.1 Å². The summed E-state index contributed by atoms with van der Waals surface area (Å²) in [7, 11) is 1.67. The summed E-state index contributed by atoms with van der Waals surface area (Å²) in [6, 6.07) is 14.2. The molecular formula is C21H18N4O3. The lowest BCUT2D eigenvalue weighted by molar-refractivity contribution is 0.185. The number of ether oxygens (including phenoxy) is 1. The SMILES string of the molecule is COCc1cc(-c2nc(-c3c[nH]c(=O)cn3)no2)ccc1-c1ccccc1C. The van der Waals surface area contributed by atoms with E-state index in [0.717, 1.165) is 22.3 Å². The van der Waals surface area contributed by atoms with Crippen molar-refractivity contribution in [1.29, 1.82) is 0 Å². The van der Waals surface area contributed by atoms with Crippen LogP contribution in [0.1, 0.15) is 11.1 Å². The van der Waals surface area contributed by atoms with Crippen molar-refractivity contribution in [3.05, 3.63) is 76.3 Å². The number of methoxy groups -OCH3 is 1. The first-order valence-corrected chi connectivity index (χ1v) is 8.73. The minimum absolute atomic E-state index is 0.288. The molecule has 28 heavy (non-hydrogen) atoms. The van der Waals surface area contributed by atoms with E-state index in [9.17, 15) is 4.79 Å². The summed E-state index contributed by atoms with van der Waals surface area (Å²) in [6.45, 7) is 2.54. The maximum atomic E-state index is 11.2. The second-order valence-corrected chi connectivity index (χ2v) is 6.34. The van der Waals surface area contributed by atoms with Gasteiger partial charge >= 0.3 is 0 Å². The number of nitrogens with zero attached hydrogens (tertiary/aromatic N) is 3. The summed E-state index contributed by atoms with van der Waals surface area (Å²) < 4.78 is 10.8. The van der Waals surface area contributed by atoms with Crippen LogP contribution in [0.2, 0.25) is 0 Å². The van der Waals surface area contributed by atoms with Crippen LogP contribution in [-0.2, 0) is 11.3 Å². The highest BCUT2D eigenvalue weighted by molar-refractivity contribution is 5.73. The molecule has 0 bridgehead atoms. The van der Waals surface area contributed by atoms with Crippen LogP contribution in [0.5, 0.6) is 0 Å². The van der Waals surface area contributed by atoms with E-state index < -0.39 is 0 Å². The molecule has 0 atom stereocenters. The number of nitrogens with one attached hydrogen (secondary N) is 1. The quantitative estimate of drug-likeness (QED) is 0.573. The Hall–Kier alpha value is -3.58. The number of hydrogen-bond acceptors (Lipinski definition) is 6. The third-order valence-electron chi connectivity index (χ3n) is 4.41. The van der Waals surface area contributed by atoms with Gasteiger partial charge < -0.3 is 14.2 Å². The van der Waals surface area contributed by atoms with E-state index in [-0.39, 0.29) is 5.56 Å². The Morgan fingerprint density at radius 3 is 2.75 bits per heavy atom. The molecule has 2 heterocycles. The molecule has 4 rings (SSSR count). The summed E-state index contributed by atoms with van der Waals surface area (Å²) >= 11 is 0. The van der Waals surface area contributed by atoms with E-state index in [1.807, 2.05) is 30.3 Å². The highest BCUT2D eigenvalue weighted by atomic mass is 16.5. The smallest absolute Gasteiger partial charge is 0.266 e. The van der Waals surface area contributed by atoms with E-state index in [1.165, 1.54) is 18.0 Å². The Kier molecular flexibility index (Phi) is 4.82. The fraction of sp³-hybridized carbons (Fsp3) is 0.143. The minimum atomic E-state index is -0.288. The predicted octanol–water partition coefficient (Wildman–Crippen LogP) is 3.61. The molecule has 4 aromatic rings. The molecule has 7 nitrogen and oxygen atoms in total. The normalized spacial score (nSPS) is 10.9. The first-order valence-electron chi connectivity index (χ1n) is 8.73. The standard InChI is InChI=1S/C21H18N4O3/c1-13-5-3-4-6-16(13)17-8-7-14(9-15(17)12-27-2)21-24-20(25-28-21)18-10-23-19(26)11-22-18/h3-11H,12H2,1-2H3,(H,23,26). The van der Waals surface area contributed by atoms with Crippen LogP contribution >= 0.6 is 0 Å². The third kappa shape index (κ3) is 3.47. The van der Waals surface area contributed by atoms with E-state index in [2.05, 4.69) is 39.2 Å². The van der Waals surface area contributed by atoms with E-state index in [0.29, 0.717) is 24.0 Å². The first kappa shape index (κ1) is 17.8. The van der Waals surface area contributed by atoms with Gasteiger partial charge in [0.25, 0.3) is 11.4 Å². The molecular weight excluding hydrogens is 356 g/mol. The Morgan fingerprint density at radius 2 is 2.00 bits per heavy atom. The van der Waals surface area contributed by atoms with Gasteiger partial charge in [-0.2, -0.15) is 4.98 Å². The fourth-order valence-electron chi connectivity index (χ4n) is 3.05. The Bertz CT molecular complexity index is 1160. The van der Waals surface area contributed by atoms with Crippen molar-refractivity contribution >= 4 is 0 Å². The van der Waals surface area contributed by atoms with Crippen LogP contribution in [0.4, 0.5) is 0 Å². The molecule has 0 spiro atoms. The van der Waals surface area contributed by atoms with Gasteiger partial charge in [-0.15, -0.1) is 0 Å². The molecule has 0 aliphatic rings. The van der Waals surface area contributed by atoms with Crippen LogP contribution in [0, 0.1) is 6.92 Å². The zero-order valence-electron chi connectivity index (χ0n) is 15.5. The summed E-state index contributed by atoms with van der Waals surface area (Å²) in [5.41, 5.74) is 5.41. The monoisotopic (exact) mass is 374 g/mol. The Balaban J connectivity index is 1.73. The second-order valence-electron chi connectivity index (χ2n) is 6.34. The van der Waals surface area contributed by atoms with Crippen molar-refractivity contribution in [2.75, 3.05) is 7.11 Å². The maximum absolute atomic E-state index is 11.2. The molecule has 0 aliphatic carbocycles. The van der Waals surface area contributed by atoms with Crippen molar-refractivity contribution in [3.63, 3.8) is 0 Å². The van der Waals surface area contributed by atoms with Gasteiger partial charge in [0, 0.05) is 18.9 Å². The topological polar surface area (TPSA) is 93.9 Å². The van der Waals surface area contributed by atoms with Gasteiger partial charge in [-0.3, -0.25) is 4.79 Å². The van der Waals surface area contributed by atoms with Crippen LogP contribution in [-0.4, -0.2) is 27.2 Å². The Labute approximate surface area is 161 Å². The zero-order valence-corrected chi connectivity index (χ0v) is 15.5. The summed E-state index contributed by atoms with van der Waals surface area (Å²) in [4.78, 5) is 22.1. The van der Waals surface area contributed by atoms with Gasteiger partial charge in [0.15, 0.2) is 0 Å². The number of rotatable bonds is 5. The summed E-state index contributed by atoms with van der Waals surface area (Å²) in [6.07, 6.45) is 2.63. The lowest BCUT2D eigenvalue weighted by Gasteiger charge is -2.12. The second kappa shape index (κ2) is 7.58. The van der Waals surface area contributed by atoms with Gasteiger partial charge in [0.05, 0.1) is 12.8 Å². The van der Waals surface area contributed by atoms with Crippen molar-refractivity contribution in [2.45, 2.75) is 13.5 Å². The van der Waals surface area contributed by atoms with Crippen LogP contribution in [0.25, 0.3) is 34.1 Å². The van der Waals surface area contributed by atoms with Crippen LogP contribution < -0.4 is 5.56 Å². The molecule has 7 heteroatoms. The number of H-pyrrole nitrogens is 1. The molecule has 2 aromatic carbocycles. The van der Waals surface area contributed by atoms with E-state index in [1.54, 1.807) is 7.11 Å². The molecule has 0 saturated carbocycles. The van der Waals surface area contributed by atoms with E-state index >= 15 is 0 Å². The highest BCUT2D eigenvalue weighted by Crippen LogP contribution is 2.31. The molecule has 0 aliphatic heterocycles. The molecule has 0 fully saturated rings. The molecule has 0 amide bonds. The lowest BCUT2D eigenvalue weighted by Crippen LogP contribution is -2.04. The van der Waals surface area contributed by atoms with Crippen molar-refractivity contribution < 1.29 is 9.26 Å². The maximum Gasteiger partial charge on any atom is 0.266 e. The number of aryl methyl sites for hydroxylation is 1. The highest BCUT2D eigenvalue weighted by Gasteiger charge is 2.15. The molecule has 0 radical (unpaired) electrons. The largest absolute Gasteiger partial charge is 0.380 e. The van der Waals surface area contributed by atoms with Crippen molar-refractivity contribution in [2.24, 2.45) is 0 Å². The van der Waals surface area contributed by atoms with Crippen LogP contribution in [0.3, 0.4) is 0 Å². The van der Waals surface area contributed by atoms with Gasteiger partial charge in [0.1, 0.15) is 5.69 Å². The number of hydrogen-bond donors (Lipinski definition) is 1. The zero-order chi connectivity index (χ0) is 19.5. The third-order valence-corrected chi connectivity index (χ3v) is 4.41. The van der Waals surface area contributed by atoms with Gasteiger partial charge in [0.2, 0.25) is 5.82 Å². The molecule has 2 aromatic heterocycles. The fourth-order valence-corrected chi connectivity index (χ4v) is 3.05. The number of benzene rings is 2. The lowest BCUT2D eigenvalue weighted by atomic mass is 9.95. The number of aromatic amines is 1. The van der Waals surface area contributed by atoms with Gasteiger partial charge in [-0.25, -0.2) is 4.98 Å². The minimum Gasteiger partial charge on any atom is -0.380 e. The van der Waals surface area contributed by atoms with E-state index in [4.69, 9.17) is 9.26 Å². The summed E-state index contributed by atoms with van der Waals surface area (Å²) in [5, 5.41) is 3.96. The molecule has 0 unspecified atom stereocenters. The van der Waals surface area contributed by atoms with Crippen molar-refractivity contribution in [3.8, 4) is 34.1 Å². The molecule has 0 saturated heterocycles. The number of aromatic nitrogens is 4. The predicted molar refractivity (Wildman–Crippen MR) is 104 cm³/mol. The molecule has 140 valence electrons. The summed E-state index contributed by atoms with van der Waals surface area (Å²) in [5.74, 6) is 0.680. The average molecular weight is 374 g/mol. The van der Waals surface area contributed by atoms with Gasteiger partial charge in [-0.1, -0.05) is 35.5 Å².